The molecule has 1 amide bonds. The quantitative estimate of drug-likeness (QED) is 0.602. The van der Waals surface area contributed by atoms with Gasteiger partial charge in [0.05, 0.1) is 4.90 Å². The molecule has 3 aromatic rings. The van der Waals surface area contributed by atoms with Crippen molar-refractivity contribution in [3.8, 4) is 0 Å². The van der Waals surface area contributed by atoms with E-state index < -0.39 is 16.1 Å². The predicted molar refractivity (Wildman–Crippen MR) is 127 cm³/mol. The monoisotopic (exact) mass is 453 g/mol. The van der Waals surface area contributed by atoms with Crippen LogP contribution < -0.4 is 5.32 Å². The lowest BCUT2D eigenvalue weighted by Crippen LogP contribution is -2.32. The highest BCUT2D eigenvalue weighted by atomic mass is 32.2. The Morgan fingerprint density at radius 3 is 2.38 bits per heavy atom. The van der Waals surface area contributed by atoms with Gasteiger partial charge in [0.15, 0.2) is 0 Å². The van der Waals surface area contributed by atoms with Gasteiger partial charge in [-0.1, -0.05) is 42.7 Å². The summed E-state index contributed by atoms with van der Waals surface area (Å²) in [6, 6.07) is 14.7. The molecule has 1 fully saturated rings. The van der Waals surface area contributed by atoms with Crippen LogP contribution in [0.25, 0.3) is 10.9 Å². The van der Waals surface area contributed by atoms with Crippen LogP contribution in [0, 0.1) is 6.92 Å². The van der Waals surface area contributed by atoms with Crippen LogP contribution in [-0.4, -0.2) is 36.3 Å². The molecule has 0 bridgehead atoms. The van der Waals surface area contributed by atoms with Crippen LogP contribution in [0.5, 0.6) is 0 Å². The highest BCUT2D eigenvalue weighted by Crippen LogP contribution is 2.26. The Balaban J connectivity index is 1.50. The Morgan fingerprint density at radius 2 is 1.69 bits per heavy atom. The Labute approximate surface area is 190 Å². The molecule has 2 heterocycles. The van der Waals surface area contributed by atoms with Gasteiger partial charge in [-0.2, -0.15) is 4.31 Å². The summed E-state index contributed by atoms with van der Waals surface area (Å²) in [6.45, 7) is 5.53. The van der Waals surface area contributed by atoms with Gasteiger partial charge in [0, 0.05) is 36.7 Å². The van der Waals surface area contributed by atoms with Gasteiger partial charge in [-0.25, -0.2) is 8.42 Å². The van der Waals surface area contributed by atoms with E-state index in [1.54, 1.807) is 16.4 Å². The minimum Gasteiger partial charge on any atom is -0.350 e. The standard InChI is InChI=1S/C25H31N3O3S/c1-19-7-9-21(10-8-19)18-26-25(29)20(2)28-16-13-22-17-23(11-12-24(22)28)32(30,31)27-14-5-3-4-6-15-27/h7-13,16-17,20H,3-6,14-15,18H2,1-2H3,(H,26,29)/t20-/m0/s1. The molecule has 1 N–H and O–H groups in total. The van der Waals surface area contributed by atoms with Crippen molar-refractivity contribution < 1.29 is 13.2 Å². The van der Waals surface area contributed by atoms with Crippen molar-refractivity contribution in [2.45, 2.75) is 57.0 Å². The van der Waals surface area contributed by atoms with E-state index in [1.807, 2.05) is 61.0 Å². The van der Waals surface area contributed by atoms with Crippen LogP contribution in [0.2, 0.25) is 0 Å². The van der Waals surface area contributed by atoms with Crippen LogP contribution in [0.3, 0.4) is 0 Å². The molecule has 1 saturated heterocycles. The zero-order valence-corrected chi connectivity index (χ0v) is 19.6. The molecule has 0 unspecified atom stereocenters. The van der Waals surface area contributed by atoms with Gasteiger partial charge in [0.25, 0.3) is 0 Å². The first kappa shape index (κ1) is 22.6. The van der Waals surface area contributed by atoms with Crippen LogP contribution in [0.15, 0.2) is 59.6 Å². The summed E-state index contributed by atoms with van der Waals surface area (Å²) >= 11 is 0. The van der Waals surface area contributed by atoms with E-state index in [9.17, 15) is 13.2 Å². The van der Waals surface area contributed by atoms with Gasteiger partial charge in [-0.05, 0) is 56.5 Å². The number of hydrogen-bond donors (Lipinski definition) is 1. The molecule has 1 aliphatic heterocycles. The van der Waals surface area contributed by atoms with E-state index >= 15 is 0 Å². The molecular weight excluding hydrogens is 422 g/mol. The Morgan fingerprint density at radius 1 is 1.00 bits per heavy atom. The number of nitrogens with one attached hydrogen (secondary N) is 1. The average molecular weight is 454 g/mol. The first-order chi connectivity index (χ1) is 15.4. The van der Waals surface area contributed by atoms with Gasteiger partial charge in [-0.15, -0.1) is 0 Å². The van der Waals surface area contributed by atoms with E-state index in [4.69, 9.17) is 0 Å². The fraction of sp³-hybridized carbons (Fsp3) is 0.400. The van der Waals surface area contributed by atoms with Crippen molar-refractivity contribution in [3.63, 3.8) is 0 Å². The third-order valence-electron chi connectivity index (χ3n) is 6.28. The lowest BCUT2D eigenvalue weighted by Gasteiger charge is -2.20. The highest BCUT2D eigenvalue weighted by Gasteiger charge is 2.26. The van der Waals surface area contributed by atoms with Gasteiger partial charge >= 0.3 is 0 Å². The topological polar surface area (TPSA) is 71.4 Å². The van der Waals surface area contributed by atoms with Crippen LogP contribution in [0.4, 0.5) is 0 Å². The third kappa shape index (κ3) is 4.74. The van der Waals surface area contributed by atoms with Crippen molar-refractivity contribution >= 4 is 26.8 Å². The first-order valence-corrected chi connectivity index (χ1v) is 12.7. The number of rotatable bonds is 6. The highest BCUT2D eigenvalue weighted by molar-refractivity contribution is 7.89. The van der Waals surface area contributed by atoms with Crippen LogP contribution in [-0.2, 0) is 21.4 Å². The zero-order chi connectivity index (χ0) is 22.7. The molecule has 7 heteroatoms. The number of aromatic nitrogens is 1. The van der Waals surface area contributed by atoms with Crippen molar-refractivity contribution in [1.82, 2.24) is 14.2 Å². The number of carbonyl (C=O) groups is 1. The Bertz CT molecular complexity index is 1190. The van der Waals surface area contributed by atoms with E-state index in [2.05, 4.69) is 5.32 Å². The van der Waals surface area contributed by atoms with Crippen molar-refractivity contribution in [2.75, 3.05) is 13.1 Å². The number of aryl methyl sites for hydroxylation is 1. The Kier molecular flexibility index (Phi) is 6.67. The molecule has 6 nitrogen and oxygen atoms in total. The summed E-state index contributed by atoms with van der Waals surface area (Å²) in [7, 11) is -3.50. The zero-order valence-electron chi connectivity index (χ0n) is 18.8. The summed E-state index contributed by atoms with van der Waals surface area (Å²) in [6.07, 6.45) is 5.83. The SMILES string of the molecule is Cc1ccc(CNC(=O)[C@H](C)n2ccc3cc(S(=O)(=O)N4CCCCCC4)ccc32)cc1. The molecule has 0 spiro atoms. The number of nitrogens with zero attached hydrogens (tertiary/aromatic N) is 2. The summed E-state index contributed by atoms with van der Waals surface area (Å²) < 4.78 is 29.8. The molecule has 2 aromatic carbocycles. The summed E-state index contributed by atoms with van der Waals surface area (Å²) in [5.74, 6) is -0.0793. The number of benzene rings is 2. The smallest absolute Gasteiger partial charge is 0.243 e. The second-order valence-electron chi connectivity index (χ2n) is 8.64. The Hall–Kier alpha value is -2.64. The number of sulfonamides is 1. The molecule has 4 rings (SSSR count). The fourth-order valence-corrected chi connectivity index (χ4v) is 5.79. The molecule has 0 saturated carbocycles. The molecule has 1 aliphatic rings. The van der Waals surface area contributed by atoms with Gasteiger partial charge in [0.2, 0.25) is 15.9 Å². The number of hydrogen-bond acceptors (Lipinski definition) is 3. The largest absolute Gasteiger partial charge is 0.350 e. The lowest BCUT2D eigenvalue weighted by atomic mass is 10.1. The first-order valence-electron chi connectivity index (χ1n) is 11.3. The van der Waals surface area contributed by atoms with E-state index in [-0.39, 0.29) is 5.91 Å². The van der Waals surface area contributed by atoms with E-state index in [0.717, 1.165) is 42.1 Å². The molecule has 0 aliphatic carbocycles. The molecule has 1 aromatic heterocycles. The average Bonchev–Trinajstić information content (AvgIpc) is 3.01. The molecule has 32 heavy (non-hydrogen) atoms. The lowest BCUT2D eigenvalue weighted by molar-refractivity contribution is -0.123. The maximum atomic E-state index is 13.1. The normalized spacial score (nSPS) is 16.6. The predicted octanol–water partition coefficient (Wildman–Crippen LogP) is 4.39. The number of carbonyl (C=O) groups excluding carboxylic acids is 1. The second kappa shape index (κ2) is 9.46. The van der Waals surface area contributed by atoms with Gasteiger partial charge in [-0.3, -0.25) is 4.79 Å². The molecule has 0 radical (unpaired) electrons. The van der Waals surface area contributed by atoms with Crippen molar-refractivity contribution in [2.24, 2.45) is 0 Å². The van der Waals surface area contributed by atoms with Crippen molar-refractivity contribution in [1.29, 1.82) is 0 Å². The van der Waals surface area contributed by atoms with E-state index in [0.29, 0.717) is 24.5 Å². The van der Waals surface area contributed by atoms with Gasteiger partial charge in [0.1, 0.15) is 6.04 Å². The summed E-state index contributed by atoms with van der Waals surface area (Å²) in [5, 5.41) is 3.81. The number of amides is 1. The fourth-order valence-electron chi connectivity index (χ4n) is 4.24. The molecular formula is C25H31N3O3S. The minimum absolute atomic E-state index is 0.0793. The van der Waals surface area contributed by atoms with Crippen LogP contribution in [0.1, 0.15) is 49.8 Å². The molecule has 170 valence electrons. The third-order valence-corrected chi connectivity index (χ3v) is 8.17. The van der Waals surface area contributed by atoms with Gasteiger partial charge < -0.3 is 9.88 Å². The summed E-state index contributed by atoms with van der Waals surface area (Å²) in [5.41, 5.74) is 3.08. The maximum absolute atomic E-state index is 13.1. The maximum Gasteiger partial charge on any atom is 0.243 e. The van der Waals surface area contributed by atoms with Crippen molar-refractivity contribution in [3.05, 3.63) is 65.9 Å². The van der Waals surface area contributed by atoms with Crippen LogP contribution >= 0.6 is 0 Å². The second-order valence-corrected chi connectivity index (χ2v) is 10.6. The molecule has 1 atom stereocenters. The minimum atomic E-state index is -3.50. The summed E-state index contributed by atoms with van der Waals surface area (Å²) in [4.78, 5) is 13.1. The van der Waals surface area contributed by atoms with E-state index in [1.165, 1.54) is 5.56 Å². The number of fused-ring (bicyclic) bond motifs is 1.